The Morgan fingerprint density at radius 1 is 1.47 bits per heavy atom. The molecular weight excluding hydrogens is 255 g/mol. The van der Waals surface area contributed by atoms with E-state index in [2.05, 4.69) is 24.1 Å². The first-order chi connectivity index (χ1) is 6.77. The number of thiol groups is 1. The first kappa shape index (κ1) is 15.4. The van der Waals surface area contributed by atoms with Crippen LogP contribution in [0.25, 0.3) is 0 Å². The monoisotopic (exact) mass is 272 g/mol. The molecule has 90 valence electrons. The summed E-state index contributed by atoms with van der Waals surface area (Å²) in [5.41, 5.74) is -4.63. The maximum atomic E-state index is 11.2. The molecule has 0 fully saturated rings. The Balaban J connectivity index is 4.94. The van der Waals surface area contributed by atoms with Gasteiger partial charge in [-0.15, -0.1) is 0 Å². The number of carbonyl (C=O) groups is 1. The highest BCUT2D eigenvalue weighted by molar-refractivity contribution is 8.59. The second-order valence-corrected chi connectivity index (χ2v) is 8.47. The molecular formula is C8H17O4PS2. The summed E-state index contributed by atoms with van der Waals surface area (Å²) in [5.74, 6) is -1.08. The summed E-state index contributed by atoms with van der Waals surface area (Å²) >= 11 is 8.35. The largest absolute Gasteiger partial charge is 0.479 e. The van der Waals surface area contributed by atoms with Crippen molar-refractivity contribution in [2.24, 2.45) is 0 Å². The van der Waals surface area contributed by atoms with E-state index < -0.39 is 17.3 Å². The zero-order chi connectivity index (χ0) is 12.1. The van der Waals surface area contributed by atoms with Gasteiger partial charge >= 0.3 is 5.97 Å². The van der Waals surface area contributed by atoms with Crippen molar-refractivity contribution >= 4 is 35.7 Å². The third kappa shape index (κ3) is 5.31. The van der Waals surface area contributed by atoms with Gasteiger partial charge in [0.1, 0.15) is 0 Å². The molecule has 0 spiro atoms. The number of aliphatic carboxylic acids is 1. The quantitative estimate of drug-likeness (QED) is 0.491. The van der Waals surface area contributed by atoms with Crippen LogP contribution in [0.2, 0.25) is 0 Å². The van der Waals surface area contributed by atoms with E-state index >= 15 is 0 Å². The van der Waals surface area contributed by atoms with E-state index in [-0.39, 0.29) is 0 Å². The van der Waals surface area contributed by atoms with E-state index in [4.69, 9.17) is 9.63 Å². The van der Waals surface area contributed by atoms with Gasteiger partial charge in [0.2, 0.25) is 5.69 Å². The van der Waals surface area contributed by atoms with Gasteiger partial charge in [0.15, 0.2) is 5.60 Å². The van der Waals surface area contributed by atoms with E-state index in [0.717, 1.165) is 0 Å². The minimum atomic E-state index is -3.25. The number of rotatable bonds is 7. The second kappa shape index (κ2) is 6.21. The van der Waals surface area contributed by atoms with Crippen molar-refractivity contribution in [3.63, 3.8) is 0 Å². The lowest BCUT2D eigenvalue weighted by atomic mass is 9.93. The average Bonchev–Trinajstić information content (AvgIpc) is 2.01. The molecule has 0 aliphatic heterocycles. The number of carboxylic acid groups (broad SMARTS) is 1. The molecule has 1 unspecified atom stereocenters. The van der Waals surface area contributed by atoms with Crippen molar-refractivity contribution in [2.75, 3.05) is 0 Å². The van der Waals surface area contributed by atoms with Gasteiger partial charge in [-0.1, -0.05) is 38.9 Å². The highest BCUT2D eigenvalue weighted by Gasteiger charge is 2.41. The van der Waals surface area contributed by atoms with Crippen molar-refractivity contribution in [2.45, 2.75) is 45.1 Å². The standard InChI is InChI=1S/C8H17O4PS2/c1-3-5-8(6-4-2,7(9)10)12-13(11,14)15/h3-6H2,1-2H3,(H,9,10)(H2,11,14,15). The summed E-state index contributed by atoms with van der Waals surface area (Å²) in [6.07, 6.45) is 1.95. The van der Waals surface area contributed by atoms with Gasteiger partial charge in [-0.2, -0.15) is 0 Å². The predicted octanol–water partition coefficient (Wildman–Crippen LogP) is 2.57. The van der Waals surface area contributed by atoms with Gasteiger partial charge in [0.05, 0.1) is 0 Å². The fourth-order valence-corrected chi connectivity index (χ4v) is 3.12. The molecule has 4 nitrogen and oxygen atoms in total. The summed E-state index contributed by atoms with van der Waals surface area (Å²) in [7, 11) is 0. The van der Waals surface area contributed by atoms with Crippen molar-refractivity contribution in [3.8, 4) is 0 Å². The van der Waals surface area contributed by atoms with Crippen LogP contribution in [0.5, 0.6) is 0 Å². The highest BCUT2D eigenvalue weighted by Crippen LogP contribution is 2.52. The maximum Gasteiger partial charge on any atom is 0.336 e. The predicted molar refractivity (Wildman–Crippen MR) is 66.8 cm³/mol. The molecule has 0 aliphatic carbocycles. The van der Waals surface area contributed by atoms with Crippen molar-refractivity contribution in [1.29, 1.82) is 0 Å². The van der Waals surface area contributed by atoms with Crippen LogP contribution in [0.15, 0.2) is 0 Å². The van der Waals surface area contributed by atoms with E-state index in [9.17, 15) is 9.69 Å². The van der Waals surface area contributed by atoms with Crippen LogP contribution < -0.4 is 0 Å². The lowest BCUT2D eigenvalue weighted by Crippen LogP contribution is -2.40. The molecule has 0 bridgehead atoms. The molecule has 0 aromatic heterocycles. The lowest BCUT2D eigenvalue weighted by Gasteiger charge is -2.30. The first-order valence-electron chi connectivity index (χ1n) is 4.77. The molecule has 2 N–H and O–H groups in total. The number of carboxylic acids is 1. The Morgan fingerprint density at radius 2 is 1.87 bits per heavy atom. The van der Waals surface area contributed by atoms with Crippen LogP contribution in [0, 0.1) is 0 Å². The van der Waals surface area contributed by atoms with E-state index in [1.165, 1.54) is 0 Å². The van der Waals surface area contributed by atoms with Crippen LogP contribution >= 0.6 is 17.9 Å². The van der Waals surface area contributed by atoms with Gasteiger partial charge in [-0.05, 0) is 24.6 Å². The molecule has 0 aromatic carbocycles. The smallest absolute Gasteiger partial charge is 0.336 e. The molecule has 0 rings (SSSR count). The van der Waals surface area contributed by atoms with Gasteiger partial charge in [0.25, 0.3) is 0 Å². The minimum absolute atomic E-state index is 0.329. The number of hydrogen-bond acceptors (Lipinski definition) is 3. The normalized spacial score (nSPS) is 16.0. The second-order valence-electron chi connectivity index (χ2n) is 3.38. The summed E-state index contributed by atoms with van der Waals surface area (Å²) in [4.78, 5) is 20.5. The van der Waals surface area contributed by atoms with Crippen molar-refractivity contribution in [3.05, 3.63) is 0 Å². The molecule has 0 saturated heterocycles. The van der Waals surface area contributed by atoms with Gasteiger partial charge in [-0.3, -0.25) is 0 Å². The van der Waals surface area contributed by atoms with Crippen LogP contribution in [-0.2, 0) is 21.1 Å². The minimum Gasteiger partial charge on any atom is -0.479 e. The maximum absolute atomic E-state index is 11.2. The summed E-state index contributed by atoms with van der Waals surface area (Å²) < 4.78 is 5.11. The van der Waals surface area contributed by atoms with E-state index in [0.29, 0.717) is 25.7 Å². The van der Waals surface area contributed by atoms with Gasteiger partial charge in [-0.25, -0.2) is 4.79 Å². The van der Waals surface area contributed by atoms with Gasteiger partial charge < -0.3 is 14.5 Å². The average molecular weight is 272 g/mol. The Kier molecular flexibility index (Phi) is 6.37. The van der Waals surface area contributed by atoms with E-state index in [1.54, 1.807) is 0 Å². The molecule has 15 heavy (non-hydrogen) atoms. The third-order valence-electron chi connectivity index (χ3n) is 1.99. The SMILES string of the molecule is CCCC(CCC)(OP(O)(=S)S)C(=O)O. The van der Waals surface area contributed by atoms with Crippen molar-refractivity contribution in [1.82, 2.24) is 0 Å². The van der Waals surface area contributed by atoms with E-state index in [1.807, 2.05) is 13.8 Å². The van der Waals surface area contributed by atoms with Crippen LogP contribution in [0.1, 0.15) is 39.5 Å². The molecule has 0 aliphatic rings. The molecule has 0 amide bonds. The van der Waals surface area contributed by atoms with Crippen molar-refractivity contribution < 1.29 is 19.3 Å². The zero-order valence-corrected chi connectivity index (χ0v) is 11.4. The Labute approximate surface area is 100 Å². The summed E-state index contributed by atoms with van der Waals surface area (Å²) in [6.45, 7) is 3.71. The molecule has 0 radical (unpaired) electrons. The Morgan fingerprint density at radius 3 is 2.07 bits per heavy atom. The van der Waals surface area contributed by atoms with Crippen LogP contribution in [-0.4, -0.2) is 21.6 Å². The third-order valence-corrected chi connectivity index (χ3v) is 3.05. The van der Waals surface area contributed by atoms with Crippen LogP contribution in [0.3, 0.4) is 0 Å². The fourth-order valence-electron chi connectivity index (χ4n) is 1.50. The molecule has 0 aromatic rings. The van der Waals surface area contributed by atoms with Gasteiger partial charge in [0, 0.05) is 0 Å². The zero-order valence-electron chi connectivity index (χ0n) is 8.84. The lowest BCUT2D eigenvalue weighted by molar-refractivity contribution is -0.156. The Hall–Kier alpha value is 0.390. The molecule has 1 atom stereocenters. The summed E-state index contributed by atoms with van der Waals surface area (Å²) in [5, 5.41) is 9.15. The van der Waals surface area contributed by atoms with Crippen LogP contribution in [0.4, 0.5) is 0 Å². The highest BCUT2D eigenvalue weighted by atomic mass is 32.9. The molecule has 0 heterocycles. The Bertz CT molecular complexity index is 257. The molecule has 0 saturated carbocycles. The fraction of sp³-hybridized carbons (Fsp3) is 0.875. The topological polar surface area (TPSA) is 66.8 Å². The number of hydrogen-bond donors (Lipinski definition) is 3. The summed E-state index contributed by atoms with van der Waals surface area (Å²) in [6, 6.07) is 0. The molecule has 7 heteroatoms. The first-order valence-corrected chi connectivity index (χ1v) is 8.59.